The van der Waals surface area contributed by atoms with E-state index in [9.17, 15) is 13.6 Å². The van der Waals surface area contributed by atoms with Gasteiger partial charge in [-0.1, -0.05) is 18.2 Å². The highest BCUT2D eigenvalue weighted by molar-refractivity contribution is 7.17. The SMILES string of the molecule is Cn1cncc1-c1ccc2c(c1)-c1sc(C(=O)Nc3c(F)cccc3F)cc1CCC2. The summed E-state index contributed by atoms with van der Waals surface area (Å²) in [5.74, 6) is -2.10. The molecule has 4 aromatic rings. The van der Waals surface area contributed by atoms with E-state index in [0.717, 1.165) is 58.7 Å². The zero-order valence-corrected chi connectivity index (χ0v) is 17.6. The zero-order chi connectivity index (χ0) is 21.5. The summed E-state index contributed by atoms with van der Waals surface area (Å²) in [6, 6.07) is 11.7. The molecule has 0 saturated carbocycles. The third kappa shape index (κ3) is 3.55. The Morgan fingerprint density at radius 1 is 1.10 bits per heavy atom. The van der Waals surface area contributed by atoms with Gasteiger partial charge in [-0.25, -0.2) is 13.8 Å². The zero-order valence-electron chi connectivity index (χ0n) is 16.8. The molecule has 0 saturated heterocycles. The van der Waals surface area contributed by atoms with Crippen molar-refractivity contribution in [2.45, 2.75) is 19.3 Å². The number of aromatic nitrogens is 2. The summed E-state index contributed by atoms with van der Waals surface area (Å²) in [7, 11) is 1.95. The molecule has 0 atom stereocenters. The minimum Gasteiger partial charge on any atom is -0.334 e. The van der Waals surface area contributed by atoms with Crippen LogP contribution in [0.4, 0.5) is 14.5 Å². The maximum atomic E-state index is 14.0. The topological polar surface area (TPSA) is 46.9 Å². The number of halogens is 2. The van der Waals surface area contributed by atoms with Crippen molar-refractivity contribution in [3.8, 4) is 21.7 Å². The number of imidazole rings is 1. The molecule has 1 aliphatic rings. The number of amides is 1. The number of nitrogens with one attached hydrogen (secondary N) is 1. The normalized spacial score (nSPS) is 12.7. The summed E-state index contributed by atoms with van der Waals surface area (Å²) in [5, 5.41) is 2.39. The molecule has 0 spiro atoms. The minimum absolute atomic E-state index is 0.421. The number of anilines is 1. The lowest BCUT2D eigenvalue weighted by molar-refractivity contribution is 0.102. The summed E-state index contributed by atoms with van der Waals surface area (Å²) in [6.45, 7) is 0. The predicted octanol–water partition coefficient (Wildman–Crippen LogP) is 5.83. The molecule has 0 aliphatic heterocycles. The first-order valence-corrected chi connectivity index (χ1v) is 10.8. The van der Waals surface area contributed by atoms with E-state index in [1.54, 1.807) is 6.33 Å². The number of carbonyl (C=O) groups excluding carboxylic acids is 1. The van der Waals surface area contributed by atoms with Crippen molar-refractivity contribution >= 4 is 22.9 Å². The second kappa shape index (κ2) is 7.74. The molecule has 1 N–H and O–H groups in total. The van der Waals surface area contributed by atoms with Crippen LogP contribution in [0.25, 0.3) is 21.7 Å². The second-order valence-electron chi connectivity index (χ2n) is 7.63. The van der Waals surface area contributed by atoms with Crippen molar-refractivity contribution in [1.29, 1.82) is 0 Å². The van der Waals surface area contributed by atoms with Crippen LogP contribution in [0.3, 0.4) is 0 Å². The Labute approximate surface area is 182 Å². The number of nitrogens with zero attached hydrogens (tertiary/aromatic N) is 2. The summed E-state index contributed by atoms with van der Waals surface area (Å²) in [5.41, 5.74) is 5.07. The number of carbonyl (C=O) groups is 1. The lowest BCUT2D eigenvalue weighted by Crippen LogP contribution is -2.12. The van der Waals surface area contributed by atoms with Crippen LogP contribution in [0.15, 0.2) is 55.0 Å². The molecule has 4 nitrogen and oxygen atoms in total. The van der Waals surface area contributed by atoms with E-state index in [4.69, 9.17) is 0 Å². The van der Waals surface area contributed by atoms with Gasteiger partial charge in [0.1, 0.15) is 17.3 Å². The lowest BCUT2D eigenvalue weighted by atomic mass is 9.99. The van der Waals surface area contributed by atoms with E-state index >= 15 is 0 Å². The van der Waals surface area contributed by atoms with Gasteiger partial charge in [0, 0.05) is 17.5 Å². The van der Waals surface area contributed by atoms with E-state index in [-0.39, 0.29) is 0 Å². The molecule has 2 aromatic carbocycles. The summed E-state index contributed by atoms with van der Waals surface area (Å²) in [6.07, 6.45) is 6.38. The lowest BCUT2D eigenvalue weighted by Gasteiger charge is -2.10. The Bertz CT molecular complexity index is 1290. The summed E-state index contributed by atoms with van der Waals surface area (Å²) < 4.78 is 29.9. The average molecular weight is 435 g/mol. The van der Waals surface area contributed by atoms with Gasteiger partial charge in [0.2, 0.25) is 0 Å². The van der Waals surface area contributed by atoms with Gasteiger partial charge >= 0.3 is 0 Å². The maximum absolute atomic E-state index is 14.0. The summed E-state index contributed by atoms with van der Waals surface area (Å²) >= 11 is 1.36. The van der Waals surface area contributed by atoms with Crippen molar-refractivity contribution in [3.05, 3.63) is 82.6 Å². The van der Waals surface area contributed by atoms with Crippen molar-refractivity contribution in [2.75, 3.05) is 5.32 Å². The predicted molar refractivity (Wildman–Crippen MR) is 118 cm³/mol. The molecule has 0 unspecified atom stereocenters. The molecule has 1 amide bonds. The van der Waals surface area contributed by atoms with Gasteiger partial charge in [0.15, 0.2) is 0 Å². The minimum atomic E-state index is -0.794. The van der Waals surface area contributed by atoms with E-state index in [1.807, 2.05) is 23.9 Å². The van der Waals surface area contributed by atoms with E-state index in [2.05, 4.69) is 28.5 Å². The Morgan fingerprint density at radius 2 is 1.87 bits per heavy atom. The largest absolute Gasteiger partial charge is 0.334 e. The Hall–Kier alpha value is -3.32. The molecular formula is C24H19F2N3OS. The number of aryl methyl sites for hydroxylation is 3. The summed E-state index contributed by atoms with van der Waals surface area (Å²) in [4.78, 5) is 18.5. The number of benzene rings is 2. The molecule has 0 radical (unpaired) electrons. The molecular weight excluding hydrogens is 416 g/mol. The van der Waals surface area contributed by atoms with Crippen LogP contribution < -0.4 is 5.32 Å². The van der Waals surface area contributed by atoms with Crippen LogP contribution in [-0.4, -0.2) is 15.5 Å². The van der Waals surface area contributed by atoms with E-state index in [0.29, 0.717) is 4.88 Å². The maximum Gasteiger partial charge on any atom is 0.265 e. The quantitative estimate of drug-likeness (QED) is 0.440. The Kier molecular flexibility index (Phi) is 4.90. The van der Waals surface area contributed by atoms with Gasteiger partial charge in [-0.2, -0.15) is 0 Å². The van der Waals surface area contributed by atoms with Crippen LogP contribution in [0.2, 0.25) is 0 Å². The van der Waals surface area contributed by atoms with Crippen molar-refractivity contribution in [3.63, 3.8) is 0 Å². The number of rotatable bonds is 3. The molecule has 0 fully saturated rings. The molecule has 31 heavy (non-hydrogen) atoms. The standard InChI is InChI=1S/C24H19F2N3OS/c1-29-13-27-12-20(29)15-9-8-14-4-2-5-16-11-21(31-23(16)17(14)10-15)24(30)28-22-18(25)6-3-7-19(22)26/h3,6-13H,2,4-5H2,1H3,(H,28,30). The van der Waals surface area contributed by atoms with Crippen molar-refractivity contribution in [1.82, 2.24) is 9.55 Å². The fraction of sp³-hybridized carbons (Fsp3) is 0.167. The molecule has 2 aromatic heterocycles. The number of thiophene rings is 1. The molecule has 2 heterocycles. The van der Waals surface area contributed by atoms with Crippen LogP contribution >= 0.6 is 11.3 Å². The van der Waals surface area contributed by atoms with E-state index in [1.165, 1.54) is 23.0 Å². The van der Waals surface area contributed by atoms with Gasteiger partial charge in [0.05, 0.1) is 23.1 Å². The Morgan fingerprint density at radius 3 is 2.61 bits per heavy atom. The van der Waals surface area contributed by atoms with Crippen molar-refractivity contribution in [2.24, 2.45) is 7.05 Å². The third-order valence-electron chi connectivity index (χ3n) is 5.59. The number of hydrogen-bond donors (Lipinski definition) is 1. The van der Waals surface area contributed by atoms with Crippen LogP contribution in [0, 0.1) is 11.6 Å². The highest BCUT2D eigenvalue weighted by Gasteiger charge is 2.22. The average Bonchev–Trinajstić information content (AvgIpc) is 3.34. The highest BCUT2D eigenvalue weighted by atomic mass is 32.1. The highest BCUT2D eigenvalue weighted by Crippen LogP contribution is 2.40. The van der Waals surface area contributed by atoms with E-state index < -0.39 is 23.2 Å². The monoisotopic (exact) mass is 435 g/mol. The van der Waals surface area contributed by atoms with Crippen LogP contribution in [0.1, 0.15) is 27.2 Å². The molecule has 1 aliphatic carbocycles. The van der Waals surface area contributed by atoms with Gasteiger partial charge in [-0.15, -0.1) is 11.3 Å². The van der Waals surface area contributed by atoms with Gasteiger partial charge < -0.3 is 9.88 Å². The number of fused-ring (bicyclic) bond motifs is 3. The Balaban J connectivity index is 1.53. The first kappa shape index (κ1) is 19.6. The molecule has 5 rings (SSSR count). The molecule has 7 heteroatoms. The van der Waals surface area contributed by atoms with Gasteiger partial charge in [-0.05, 0) is 60.2 Å². The number of hydrogen-bond acceptors (Lipinski definition) is 3. The van der Waals surface area contributed by atoms with Gasteiger partial charge in [0.25, 0.3) is 5.91 Å². The molecule has 156 valence electrons. The first-order valence-electron chi connectivity index (χ1n) is 9.99. The van der Waals surface area contributed by atoms with Crippen LogP contribution in [-0.2, 0) is 19.9 Å². The third-order valence-corrected chi connectivity index (χ3v) is 6.80. The number of para-hydroxylation sites is 1. The second-order valence-corrected chi connectivity index (χ2v) is 8.68. The first-order chi connectivity index (χ1) is 15.0. The smallest absolute Gasteiger partial charge is 0.265 e. The fourth-order valence-corrected chi connectivity index (χ4v) is 5.17. The van der Waals surface area contributed by atoms with Gasteiger partial charge in [-0.3, -0.25) is 4.79 Å². The molecule has 0 bridgehead atoms. The van der Waals surface area contributed by atoms with Crippen molar-refractivity contribution < 1.29 is 13.6 Å². The van der Waals surface area contributed by atoms with Crippen LogP contribution in [0.5, 0.6) is 0 Å². The fourth-order valence-electron chi connectivity index (χ4n) is 4.02.